The topological polar surface area (TPSA) is 76.7 Å². The predicted octanol–water partition coefficient (Wildman–Crippen LogP) is 6.63. The number of nitrogens with one attached hydrogen (secondary N) is 2. The average molecular weight is 526 g/mol. The molecule has 2 fully saturated rings. The predicted molar refractivity (Wildman–Crippen MR) is 157 cm³/mol. The highest BCUT2D eigenvalue weighted by Crippen LogP contribution is 2.34. The fourth-order valence-electron chi connectivity index (χ4n) is 5.90. The fraction of sp³-hybridized carbons (Fsp3) is 0.387. The fourth-order valence-corrected chi connectivity index (χ4v) is 5.90. The van der Waals surface area contributed by atoms with Gasteiger partial charge in [0.15, 0.2) is 11.6 Å². The molecule has 2 saturated heterocycles. The molecule has 202 valence electrons. The Morgan fingerprint density at radius 2 is 1.79 bits per heavy atom. The molecule has 0 amide bonds. The summed E-state index contributed by atoms with van der Waals surface area (Å²) < 4.78 is 16.3. The van der Waals surface area contributed by atoms with Crippen LogP contribution in [0.3, 0.4) is 0 Å². The van der Waals surface area contributed by atoms with Crippen molar-refractivity contribution in [3.8, 4) is 11.5 Å². The van der Waals surface area contributed by atoms with Crippen molar-refractivity contribution >= 4 is 33.3 Å². The summed E-state index contributed by atoms with van der Waals surface area (Å²) in [5.41, 5.74) is 5.24. The smallest absolute Gasteiger partial charge is 0.159 e. The molecule has 2 N–H and O–H groups in total. The largest absolute Gasteiger partial charge is 0.355 e. The van der Waals surface area contributed by atoms with Crippen molar-refractivity contribution in [1.82, 2.24) is 30.0 Å². The zero-order chi connectivity index (χ0) is 26.8. The molecule has 0 spiro atoms. The highest BCUT2D eigenvalue weighted by atomic mass is 19.1. The van der Waals surface area contributed by atoms with Gasteiger partial charge in [-0.25, -0.2) is 14.4 Å². The van der Waals surface area contributed by atoms with Gasteiger partial charge in [0, 0.05) is 31.4 Å². The summed E-state index contributed by atoms with van der Waals surface area (Å²) in [6, 6.07) is 5.63. The average Bonchev–Trinajstić information content (AvgIpc) is 3.61. The van der Waals surface area contributed by atoms with Crippen LogP contribution in [0.5, 0.6) is 0 Å². The van der Waals surface area contributed by atoms with Crippen LogP contribution in [-0.4, -0.2) is 62.8 Å². The van der Waals surface area contributed by atoms with Gasteiger partial charge in [0.05, 0.1) is 16.4 Å². The molecule has 6 rings (SSSR count). The lowest BCUT2D eigenvalue weighted by Crippen LogP contribution is -2.31. The Morgan fingerprint density at radius 1 is 1.03 bits per heavy atom. The minimum absolute atomic E-state index is 0.309. The van der Waals surface area contributed by atoms with Gasteiger partial charge >= 0.3 is 0 Å². The highest BCUT2D eigenvalue weighted by molar-refractivity contribution is 5.97. The standard InChI is InChI=1S/C31H36FN7/c1-3-21(20-38-15-7-5-8-16-38)19-22(4-2)23-11-12-24-26(27(23)32)29(37-36-24)30-34-25-13-14-33-31(28(25)35-30)39-17-9-6-10-18-39/h3-4,11-14,19H,1,5-10,15-18,20H2,2H3,(H,34,35)(H,36,37)/b21-19+,22-4+. The van der Waals surface area contributed by atoms with E-state index in [-0.39, 0.29) is 5.82 Å². The van der Waals surface area contributed by atoms with E-state index in [0.29, 0.717) is 28.0 Å². The van der Waals surface area contributed by atoms with Crippen LogP contribution in [0.1, 0.15) is 51.0 Å². The van der Waals surface area contributed by atoms with Crippen molar-refractivity contribution in [2.24, 2.45) is 0 Å². The molecule has 0 unspecified atom stereocenters. The number of pyridine rings is 1. The van der Waals surface area contributed by atoms with Crippen molar-refractivity contribution in [1.29, 1.82) is 0 Å². The van der Waals surface area contributed by atoms with Gasteiger partial charge in [-0.2, -0.15) is 5.10 Å². The lowest BCUT2D eigenvalue weighted by Gasteiger charge is -2.27. The molecule has 4 aromatic rings. The summed E-state index contributed by atoms with van der Waals surface area (Å²) >= 11 is 0. The van der Waals surface area contributed by atoms with Crippen LogP contribution in [0.4, 0.5) is 10.2 Å². The van der Waals surface area contributed by atoms with Gasteiger partial charge in [-0.05, 0) is 81.5 Å². The van der Waals surface area contributed by atoms with Gasteiger partial charge in [0.25, 0.3) is 0 Å². The van der Waals surface area contributed by atoms with Crippen LogP contribution < -0.4 is 4.90 Å². The summed E-state index contributed by atoms with van der Waals surface area (Å²) in [7, 11) is 0. The SMILES string of the molecule is C=C/C(=C\C(=C/C)c1ccc2[nH]nc(-c3nc4c(N5CCCCC5)nccc4[nH]3)c2c1F)CN1CCCCC1. The second-order valence-corrected chi connectivity index (χ2v) is 10.6. The molecule has 2 aliphatic rings. The van der Waals surface area contributed by atoms with Crippen molar-refractivity contribution in [3.63, 3.8) is 0 Å². The van der Waals surface area contributed by atoms with Crippen LogP contribution in [0, 0.1) is 5.82 Å². The number of rotatable bonds is 7. The Hall–Kier alpha value is -3.78. The van der Waals surface area contributed by atoms with E-state index >= 15 is 4.39 Å². The van der Waals surface area contributed by atoms with Crippen LogP contribution in [0.15, 0.2) is 54.8 Å². The molecule has 7 nitrogen and oxygen atoms in total. The number of imidazole rings is 1. The molecule has 0 radical (unpaired) electrons. The van der Waals surface area contributed by atoms with Crippen LogP contribution >= 0.6 is 0 Å². The third kappa shape index (κ3) is 5.01. The summed E-state index contributed by atoms with van der Waals surface area (Å²) in [5, 5.41) is 7.93. The molecule has 0 saturated carbocycles. The quantitative estimate of drug-likeness (QED) is 0.265. The molecular weight excluding hydrogens is 489 g/mol. The Kier molecular flexibility index (Phi) is 7.28. The molecule has 1 aromatic carbocycles. The van der Waals surface area contributed by atoms with Crippen molar-refractivity contribution in [3.05, 3.63) is 66.2 Å². The lowest BCUT2D eigenvalue weighted by atomic mass is 9.99. The summed E-state index contributed by atoms with van der Waals surface area (Å²) in [6.45, 7) is 11.0. The first kappa shape index (κ1) is 25.5. The highest BCUT2D eigenvalue weighted by Gasteiger charge is 2.22. The Balaban J connectivity index is 1.37. The number of aromatic nitrogens is 5. The molecule has 0 atom stereocenters. The minimum Gasteiger partial charge on any atom is -0.355 e. The Morgan fingerprint density at radius 3 is 2.54 bits per heavy atom. The molecule has 8 heteroatoms. The second-order valence-electron chi connectivity index (χ2n) is 10.6. The maximum Gasteiger partial charge on any atom is 0.159 e. The number of anilines is 1. The van der Waals surface area contributed by atoms with Gasteiger partial charge in [-0.1, -0.05) is 31.2 Å². The Bertz CT molecular complexity index is 1550. The zero-order valence-electron chi connectivity index (χ0n) is 22.6. The monoisotopic (exact) mass is 525 g/mol. The molecular formula is C31H36FN7. The number of likely N-dealkylation sites (tertiary alicyclic amines) is 1. The summed E-state index contributed by atoms with van der Waals surface area (Å²) in [4.78, 5) is 17.7. The van der Waals surface area contributed by atoms with Gasteiger partial charge < -0.3 is 9.88 Å². The van der Waals surface area contributed by atoms with E-state index in [2.05, 4.69) is 42.6 Å². The molecule has 0 aliphatic carbocycles. The van der Waals surface area contributed by atoms with Crippen molar-refractivity contribution in [2.45, 2.75) is 45.4 Å². The van der Waals surface area contributed by atoms with E-state index in [0.717, 1.165) is 73.6 Å². The summed E-state index contributed by atoms with van der Waals surface area (Å²) in [6.07, 6.45) is 15.0. The van der Waals surface area contributed by atoms with Crippen molar-refractivity contribution < 1.29 is 4.39 Å². The van der Waals surface area contributed by atoms with E-state index in [1.165, 1.54) is 25.7 Å². The number of halogens is 1. The number of hydrogen-bond donors (Lipinski definition) is 2. The van der Waals surface area contributed by atoms with Crippen molar-refractivity contribution in [2.75, 3.05) is 37.6 Å². The summed E-state index contributed by atoms with van der Waals surface area (Å²) in [5.74, 6) is 1.10. The first-order chi connectivity index (χ1) is 19.2. The zero-order valence-corrected chi connectivity index (χ0v) is 22.6. The Labute approximate surface area is 228 Å². The first-order valence-corrected chi connectivity index (χ1v) is 14.1. The first-order valence-electron chi connectivity index (χ1n) is 14.1. The van der Waals surface area contributed by atoms with Crippen LogP contribution in [-0.2, 0) is 0 Å². The lowest BCUT2D eigenvalue weighted by molar-refractivity contribution is 0.248. The van der Waals surface area contributed by atoms with E-state index in [1.54, 1.807) is 6.20 Å². The number of fused-ring (bicyclic) bond motifs is 2. The molecule has 39 heavy (non-hydrogen) atoms. The van der Waals surface area contributed by atoms with E-state index in [9.17, 15) is 0 Å². The number of H-pyrrole nitrogens is 2. The van der Waals surface area contributed by atoms with Crippen LogP contribution in [0.25, 0.3) is 39.0 Å². The van der Waals surface area contributed by atoms with Crippen LogP contribution in [0.2, 0.25) is 0 Å². The molecule has 3 aromatic heterocycles. The third-order valence-corrected chi connectivity index (χ3v) is 8.01. The van der Waals surface area contributed by atoms with E-state index < -0.39 is 0 Å². The minimum atomic E-state index is -0.309. The van der Waals surface area contributed by atoms with E-state index in [4.69, 9.17) is 4.98 Å². The van der Waals surface area contributed by atoms with Gasteiger partial charge in [-0.3, -0.25) is 10.00 Å². The van der Waals surface area contributed by atoms with Gasteiger partial charge in [0.2, 0.25) is 0 Å². The maximum absolute atomic E-state index is 16.3. The normalized spacial score (nSPS) is 17.8. The number of allylic oxidation sites excluding steroid dienone is 3. The number of nitrogens with zero attached hydrogens (tertiary/aromatic N) is 5. The third-order valence-electron chi connectivity index (χ3n) is 8.01. The van der Waals surface area contributed by atoms with E-state index in [1.807, 2.05) is 37.3 Å². The molecule has 0 bridgehead atoms. The number of benzene rings is 1. The van der Waals surface area contributed by atoms with Gasteiger partial charge in [-0.15, -0.1) is 0 Å². The maximum atomic E-state index is 16.3. The molecule has 5 heterocycles. The molecule has 2 aliphatic heterocycles. The second kappa shape index (κ2) is 11.1. The van der Waals surface area contributed by atoms with Gasteiger partial charge in [0.1, 0.15) is 17.0 Å². The number of aromatic amines is 2. The number of piperidine rings is 2. The number of hydrogen-bond acceptors (Lipinski definition) is 5.